The normalized spacial score (nSPS) is 11.7. The van der Waals surface area contributed by atoms with Crippen LogP contribution in [0.2, 0.25) is 10.0 Å². The van der Waals surface area contributed by atoms with E-state index in [9.17, 15) is 0 Å². The summed E-state index contributed by atoms with van der Waals surface area (Å²) in [7, 11) is 0. The van der Waals surface area contributed by atoms with Gasteiger partial charge in [0.15, 0.2) is 11.0 Å². The number of aromatic nitrogens is 3. The summed E-state index contributed by atoms with van der Waals surface area (Å²) in [4.78, 5) is 0. The number of nitrogens with zero attached hydrogens (tertiary/aromatic N) is 3. The summed E-state index contributed by atoms with van der Waals surface area (Å²) in [6.07, 6.45) is 0. The van der Waals surface area contributed by atoms with E-state index in [1.54, 1.807) is 11.8 Å². The van der Waals surface area contributed by atoms with Gasteiger partial charge >= 0.3 is 0 Å². The lowest BCUT2D eigenvalue weighted by Gasteiger charge is -2.19. The van der Waals surface area contributed by atoms with Gasteiger partial charge < -0.3 is 0 Å². The van der Waals surface area contributed by atoms with Crippen LogP contribution in [0.3, 0.4) is 0 Å². The Labute approximate surface area is 203 Å². The van der Waals surface area contributed by atoms with Crippen LogP contribution in [-0.4, -0.2) is 14.8 Å². The highest BCUT2D eigenvalue weighted by Crippen LogP contribution is 2.32. The highest BCUT2D eigenvalue weighted by Gasteiger charge is 2.18. The van der Waals surface area contributed by atoms with Crippen molar-refractivity contribution in [3.63, 3.8) is 0 Å². The smallest absolute Gasteiger partial charge is 0.196 e. The van der Waals surface area contributed by atoms with Crippen LogP contribution in [0.4, 0.5) is 0 Å². The topological polar surface area (TPSA) is 30.7 Å². The van der Waals surface area contributed by atoms with E-state index in [1.165, 1.54) is 11.1 Å². The third-order valence-electron chi connectivity index (χ3n) is 5.29. The van der Waals surface area contributed by atoms with Crippen molar-refractivity contribution in [1.29, 1.82) is 0 Å². The van der Waals surface area contributed by atoms with Crippen molar-refractivity contribution < 1.29 is 0 Å². The van der Waals surface area contributed by atoms with E-state index in [-0.39, 0.29) is 5.41 Å². The molecule has 32 heavy (non-hydrogen) atoms. The Hall–Kier alpha value is -2.27. The third-order valence-corrected chi connectivity index (χ3v) is 7.03. The van der Waals surface area contributed by atoms with E-state index in [1.807, 2.05) is 18.2 Å². The molecule has 0 N–H and O–H groups in total. The predicted molar refractivity (Wildman–Crippen MR) is 136 cm³/mol. The molecule has 3 aromatic carbocycles. The Morgan fingerprint density at radius 3 is 2.16 bits per heavy atom. The molecule has 0 saturated heterocycles. The third kappa shape index (κ3) is 5.03. The SMILES string of the molecule is Cc1ccc(-n2c(SCc3ccc(Cl)c(Cl)c3)nnc2-c2ccc(C(C)(C)C)cc2)cc1. The van der Waals surface area contributed by atoms with Gasteiger partial charge in [0.25, 0.3) is 0 Å². The Morgan fingerprint density at radius 2 is 1.53 bits per heavy atom. The molecular formula is C26H25Cl2N3S. The molecule has 3 nitrogen and oxygen atoms in total. The summed E-state index contributed by atoms with van der Waals surface area (Å²) in [6.45, 7) is 8.74. The van der Waals surface area contributed by atoms with Gasteiger partial charge in [-0.3, -0.25) is 4.57 Å². The van der Waals surface area contributed by atoms with E-state index in [2.05, 4.69) is 91.0 Å². The number of rotatable bonds is 5. The molecule has 0 spiro atoms. The monoisotopic (exact) mass is 481 g/mol. The zero-order valence-corrected chi connectivity index (χ0v) is 20.9. The highest BCUT2D eigenvalue weighted by atomic mass is 35.5. The van der Waals surface area contributed by atoms with Crippen LogP contribution in [0.15, 0.2) is 71.9 Å². The number of halogens is 2. The second-order valence-corrected chi connectivity index (χ2v) is 10.6. The van der Waals surface area contributed by atoms with Crippen molar-refractivity contribution in [3.05, 3.63) is 93.5 Å². The van der Waals surface area contributed by atoms with Gasteiger partial charge in [0.05, 0.1) is 10.0 Å². The molecule has 0 aliphatic heterocycles. The lowest BCUT2D eigenvalue weighted by Crippen LogP contribution is -2.10. The summed E-state index contributed by atoms with van der Waals surface area (Å²) in [5.74, 6) is 1.54. The van der Waals surface area contributed by atoms with Crippen molar-refractivity contribution in [2.45, 2.75) is 44.0 Å². The van der Waals surface area contributed by atoms with Crippen molar-refractivity contribution in [2.24, 2.45) is 0 Å². The average molecular weight is 482 g/mol. The fourth-order valence-corrected chi connectivity index (χ4v) is 4.59. The molecule has 0 unspecified atom stereocenters. The molecule has 0 bridgehead atoms. The molecule has 0 amide bonds. The molecule has 1 aromatic heterocycles. The summed E-state index contributed by atoms with van der Waals surface area (Å²) in [5.41, 5.74) is 5.75. The van der Waals surface area contributed by atoms with Crippen molar-refractivity contribution in [3.8, 4) is 17.1 Å². The second kappa shape index (κ2) is 9.30. The maximum atomic E-state index is 6.19. The van der Waals surface area contributed by atoms with Crippen molar-refractivity contribution in [1.82, 2.24) is 14.8 Å². The molecular weight excluding hydrogens is 457 g/mol. The van der Waals surface area contributed by atoms with E-state index < -0.39 is 0 Å². The molecule has 4 rings (SSSR count). The number of hydrogen-bond acceptors (Lipinski definition) is 3. The Morgan fingerprint density at radius 1 is 0.844 bits per heavy atom. The van der Waals surface area contributed by atoms with Gasteiger partial charge in [-0.1, -0.05) is 104 Å². The number of benzene rings is 3. The van der Waals surface area contributed by atoms with Gasteiger partial charge in [0, 0.05) is 17.0 Å². The lowest BCUT2D eigenvalue weighted by molar-refractivity contribution is 0.590. The minimum Gasteiger partial charge on any atom is -0.270 e. The van der Waals surface area contributed by atoms with E-state index in [0.717, 1.165) is 27.8 Å². The van der Waals surface area contributed by atoms with Gasteiger partial charge in [0.1, 0.15) is 0 Å². The molecule has 0 atom stereocenters. The van der Waals surface area contributed by atoms with Crippen LogP contribution in [-0.2, 0) is 11.2 Å². The van der Waals surface area contributed by atoms with Gasteiger partial charge in [-0.05, 0) is 47.7 Å². The fourth-order valence-electron chi connectivity index (χ4n) is 3.37. The Balaban J connectivity index is 1.71. The summed E-state index contributed by atoms with van der Waals surface area (Å²) in [6, 6.07) is 22.7. The first-order valence-electron chi connectivity index (χ1n) is 10.4. The lowest BCUT2D eigenvalue weighted by atomic mass is 9.87. The van der Waals surface area contributed by atoms with Crippen LogP contribution in [0.5, 0.6) is 0 Å². The molecule has 4 aromatic rings. The summed E-state index contributed by atoms with van der Waals surface area (Å²) < 4.78 is 2.12. The van der Waals surface area contributed by atoms with Crippen molar-refractivity contribution >= 4 is 35.0 Å². The van der Waals surface area contributed by atoms with E-state index in [4.69, 9.17) is 23.2 Å². The van der Waals surface area contributed by atoms with Crippen LogP contribution in [0.25, 0.3) is 17.1 Å². The molecule has 0 radical (unpaired) electrons. The largest absolute Gasteiger partial charge is 0.270 e. The first-order chi connectivity index (χ1) is 15.2. The fraction of sp³-hybridized carbons (Fsp3) is 0.231. The number of thioether (sulfide) groups is 1. The quantitative estimate of drug-likeness (QED) is 0.269. The van der Waals surface area contributed by atoms with Gasteiger partial charge in [-0.15, -0.1) is 10.2 Å². The maximum absolute atomic E-state index is 6.19. The maximum Gasteiger partial charge on any atom is 0.196 e. The van der Waals surface area contributed by atoms with Crippen molar-refractivity contribution in [2.75, 3.05) is 0 Å². The van der Waals surface area contributed by atoms with Crippen LogP contribution >= 0.6 is 35.0 Å². The second-order valence-electron chi connectivity index (χ2n) is 8.84. The van der Waals surface area contributed by atoms with E-state index >= 15 is 0 Å². The molecule has 0 aliphatic rings. The van der Waals surface area contributed by atoms with Gasteiger partial charge in [0.2, 0.25) is 0 Å². The molecule has 0 fully saturated rings. The predicted octanol–water partition coefficient (Wildman–Crippen LogP) is 8.14. The Kier molecular flexibility index (Phi) is 6.66. The summed E-state index contributed by atoms with van der Waals surface area (Å²) in [5, 5.41) is 11.0. The number of aryl methyl sites for hydroxylation is 1. The first-order valence-corrected chi connectivity index (χ1v) is 12.2. The van der Waals surface area contributed by atoms with Gasteiger partial charge in [-0.25, -0.2) is 0 Å². The molecule has 164 valence electrons. The first kappa shape index (κ1) is 22.9. The zero-order chi connectivity index (χ0) is 22.9. The Bertz CT molecular complexity index is 1220. The minimum absolute atomic E-state index is 0.101. The minimum atomic E-state index is 0.101. The average Bonchev–Trinajstić information content (AvgIpc) is 3.18. The van der Waals surface area contributed by atoms with Gasteiger partial charge in [-0.2, -0.15) is 0 Å². The van der Waals surface area contributed by atoms with Crippen LogP contribution < -0.4 is 0 Å². The molecule has 6 heteroatoms. The zero-order valence-electron chi connectivity index (χ0n) is 18.6. The van der Waals surface area contributed by atoms with Crippen LogP contribution in [0.1, 0.15) is 37.5 Å². The standard InChI is InChI=1S/C26H25Cl2N3S/c1-17-5-12-21(13-6-17)31-24(19-8-10-20(11-9-19)26(2,3)4)29-30-25(31)32-16-18-7-14-22(27)23(28)15-18/h5-15H,16H2,1-4H3. The highest BCUT2D eigenvalue weighted by molar-refractivity contribution is 7.98. The summed E-state index contributed by atoms with van der Waals surface area (Å²) >= 11 is 13.9. The van der Waals surface area contributed by atoms with E-state index in [0.29, 0.717) is 15.8 Å². The number of hydrogen-bond donors (Lipinski definition) is 0. The molecule has 0 saturated carbocycles. The van der Waals surface area contributed by atoms with Crippen LogP contribution in [0, 0.1) is 6.92 Å². The molecule has 1 heterocycles. The molecule has 0 aliphatic carbocycles.